The Morgan fingerprint density at radius 1 is 0.843 bits per heavy atom. The number of aliphatic hydroxyl groups excluding tert-OH is 3. The number of hydrogen-bond donors (Lipinski definition) is 4. The number of allylic oxidation sites excluding steroid dienone is 3. The molecule has 0 bridgehead atoms. The molecule has 0 aromatic heterocycles. The van der Waals surface area contributed by atoms with Gasteiger partial charge in [0.2, 0.25) is 5.79 Å². The van der Waals surface area contributed by atoms with Crippen LogP contribution < -0.4 is 0 Å². The summed E-state index contributed by atoms with van der Waals surface area (Å²) in [4.78, 5) is 26.9. The number of esters is 2. The normalized spacial score (nSPS) is 35.0. The predicted octanol–water partition coefficient (Wildman–Crippen LogP) is 12.9. The van der Waals surface area contributed by atoms with Crippen LogP contribution in [0.3, 0.4) is 0 Å². The number of aliphatic hydroxyl groups is 4. The van der Waals surface area contributed by atoms with Crippen molar-refractivity contribution in [1.82, 2.24) is 0 Å². The van der Waals surface area contributed by atoms with Gasteiger partial charge in [0.25, 0.3) is 0 Å². The maximum Gasteiger partial charge on any atom is 0.342 e. The van der Waals surface area contributed by atoms with E-state index in [1.165, 1.54) is 77.4 Å². The van der Waals surface area contributed by atoms with Crippen molar-refractivity contribution < 1.29 is 72.6 Å². The van der Waals surface area contributed by atoms with Crippen LogP contribution in [-0.4, -0.2) is 130 Å². The Bertz CT molecular complexity index is 2110. The molecule has 6 saturated heterocycles. The lowest BCUT2D eigenvalue weighted by molar-refractivity contribution is -0.322. The van der Waals surface area contributed by atoms with Crippen molar-refractivity contribution in [2.24, 2.45) is 17.8 Å². The van der Waals surface area contributed by atoms with Gasteiger partial charge in [-0.25, -0.2) is 4.79 Å². The van der Waals surface area contributed by atoms with E-state index in [1.54, 1.807) is 12.2 Å². The second-order valence-electron chi connectivity index (χ2n) is 26.4. The topological polar surface area (TPSA) is 198 Å². The van der Waals surface area contributed by atoms with Gasteiger partial charge in [0.15, 0.2) is 23.3 Å². The highest BCUT2D eigenvalue weighted by Crippen LogP contribution is 2.48. The Morgan fingerprint density at radius 3 is 2.27 bits per heavy atom. The minimum Gasteiger partial charge on any atom is -0.456 e. The van der Waals surface area contributed by atoms with Crippen LogP contribution in [0.1, 0.15) is 241 Å². The van der Waals surface area contributed by atoms with Crippen molar-refractivity contribution in [2.75, 3.05) is 13.2 Å². The van der Waals surface area contributed by atoms with Gasteiger partial charge in [0, 0.05) is 51.0 Å². The lowest BCUT2D eigenvalue weighted by atomic mass is 9.79. The van der Waals surface area contributed by atoms with E-state index in [-0.39, 0.29) is 49.1 Å². The lowest BCUT2D eigenvalue weighted by Crippen LogP contribution is -2.60. The summed E-state index contributed by atoms with van der Waals surface area (Å²) in [6.45, 7) is 17.3. The number of rotatable bonds is 31. The first-order valence-corrected chi connectivity index (χ1v) is 33.1. The van der Waals surface area contributed by atoms with Gasteiger partial charge in [-0.15, -0.1) is 0 Å². The molecule has 0 aliphatic carbocycles. The van der Waals surface area contributed by atoms with Crippen LogP contribution in [0, 0.1) is 17.8 Å². The van der Waals surface area contributed by atoms with E-state index in [0.717, 1.165) is 82.8 Å². The molecule has 0 amide bonds. The number of carbonyl (C=O) groups is 2. The number of carbonyl (C=O) groups excluding carboxylic acids is 2. The maximum atomic E-state index is 13.7. The third kappa shape index (κ3) is 19.6. The van der Waals surface area contributed by atoms with Crippen molar-refractivity contribution in [1.29, 1.82) is 0 Å². The summed E-state index contributed by atoms with van der Waals surface area (Å²) in [7, 11) is 0. The van der Waals surface area contributed by atoms with E-state index in [9.17, 15) is 24.9 Å². The van der Waals surface area contributed by atoms with Crippen LogP contribution in [-0.2, 0) is 52.2 Å². The second-order valence-corrected chi connectivity index (χ2v) is 26.4. The quantitative estimate of drug-likeness (QED) is 0.0168. The minimum atomic E-state index is -1.89. The van der Waals surface area contributed by atoms with Crippen molar-refractivity contribution >= 4 is 11.9 Å². The zero-order chi connectivity index (χ0) is 59.5. The minimum absolute atomic E-state index is 0.0351. The van der Waals surface area contributed by atoms with Crippen LogP contribution >= 0.6 is 0 Å². The largest absolute Gasteiger partial charge is 0.456 e. The Morgan fingerprint density at radius 2 is 1.55 bits per heavy atom. The van der Waals surface area contributed by atoms with Crippen molar-refractivity contribution in [3.63, 3.8) is 0 Å². The van der Waals surface area contributed by atoms with Crippen molar-refractivity contribution in [2.45, 2.75) is 325 Å². The molecule has 6 fully saturated rings. The van der Waals surface area contributed by atoms with E-state index in [1.807, 2.05) is 19.1 Å². The van der Waals surface area contributed by atoms with Gasteiger partial charge in [-0.2, -0.15) is 0 Å². The van der Waals surface area contributed by atoms with Crippen molar-refractivity contribution in [3.05, 3.63) is 60.4 Å². The molecule has 472 valence electrons. The van der Waals surface area contributed by atoms with Crippen LogP contribution in [0.15, 0.2) is 60.4 Å². The van der Waals surface area contributed by atoms with Gasteiger partial charge in [-0.3, -0.25) is 4.79 Å². The summed E-state index contributed by atoms with van der Waals surface area (Å²) in [6, 6.07) is 0. The van der Waals surface area contributed by atoms with Gasteiger partial charge < -0.3 is 63.1 Å². The highest BCUT2D eigenvalue weighted by atomic mass is 16.7. The Kier molecular flexibility index (Phi) is 26.9. The average molecular weight is 1170 g/mol. The fourth-order valence-corrected chi connectivity index (χ4v) is 14.0. The summed E-state index contributed by atoms with van der Waals surface area (Å²) in [5, 5.41) is 44.0. The first-order valence-electron chi connectivity index (χ1n) is 33.1. The highest BCUT2D eigenvalue weighted by molar-refractivity contribution is 5.79. The van der Waals surface area contributed by atoms with Gasteiger partial charge in [-0.1, -0.05) is 141 Å². The first-order chi connectivity index (χ1) is 39.9. The van der Waals surface area contributed by atoms with E-state index in [4.69, 9.17) is 47.7 Å². The van der Waals surface area contributed by atoms with E-state index in [2.05, 4.69) is 46.4 Å². The molecule has 17 atom stereocenters. The monoisotopic (exact) mass is 1170 g/mol. The summed E-state index contributed by atoms with van der Waals surface area (Å²) in [5.41, 5.74) is -0.463. The molecule has 83 heavy (non-hydrogen) atoms. The number of hydrogen-bond acceptors (Lipinski definition) is 15. The summed E-state index contributed by atoms with van der Waals surface area (Å²) < 4.78 is 58.5. The molecule has 15 heteroatoms. The van der Waals surface area contributed by atoms with Gasteiger partial charge >= 0.3 is 11.9 Å². The average Bonchev–Trinajstić information content (AvgIpc) is 4.06. The molecule has 0 aromatic carbocycles. The molecule has 3 spiro atoms. The second kappa shape index (κ2) is 33.0. The maximum absolute atomic E-state index is 13.7. The summed E-state index contributed by atoms with van der Waals surface area (Å²) >= 11 is 0. The molecule has 7 heterocycles. The Labute approximate surface area is 498 Å². The zero-order valence-electron chi connectivity index (χ0n) is 51.9. The third-order valence-electron chi connectivity index (χ3n) is 19.0. The van der Waals surface area contributed by atoms with Gasteiger partial charge in [-0.05, 0) is 127 Å². The van der Waals surface area contributed by atoms with Crippen LogP contribution in [0.2, 0.25) is 0 Å². The third-order valence-corrected chi connectivity index (χ3v) is 19.0. The Hall–Kier alpha value is -2.80. The predicted molar refractivity (Wildman–Crippen MR) is 319 cm³/mol. The molecule has 0 unspecified atom stereocenters. The van der Waals surface area contributed by atoms with E-state index < -0.39 is 71.7 Å². The molecular formula is C68H110O15. The molecule has 0 radical (unpaired) electrons. The fraction of sp³-hybridized carbons (Fsp3) is 0.824. The standard InChI is InChI=1S/C68H110O15/c1-8-9-10-11-12-13-14-15-16-17-18-21-24-29-59(71)78-58-33-32-54(47-65(7,74)64(73)75-42-27-23-20-19-22-26-41-69)80-68(58)46-48(2)44-57(81-68)49(3)30-31-53-35-39-67(79-53)40-36-56-63(83-67)60(72)52(6)62(77-56)55(70)45-51(5)61-50(4)34-38-66(82-61)37-25-28-43-76-66/h20,23,27,30-31,42,46,49-51,53-58,60-63,69-70,72,74H,6,8-19,21-22,24-26,28-29,32-41,43-45,47H2,1-5,7H3/b23-20+,31-30+,42-27+/t49-,50-,51+,53+,54+,55+,56-,57+,58-,60-,61+,62+,63-,65-,66+,67-,68-/m1/s1. The molecule has 0 aromatic rings. The zero-order valence-corrected chi connectivity index (χ0v) is 51.9. The van der Waals surface area contributed by atoms with Gasteiger partial charge in [0.1, 0.15) is 18.3 Å². The lowest BCUT2D eigenvalue weighted by Gasteiger charge is -2.50. The fourth-order valence-electron chi connectivity index (χ4n) is 14.0. The Balaban J connectivity index is 0.925. The highest BCUT2D eigenvalue weighted by Gasteiger charge is 2.56. The van der Waals surface area contributed by atoms with Crippen LogP contribution in [0.25, 0.3) is 0 Å². The summed E-state index contributed by atoms with van der Waals surface area (Å²) in [6.07, 6.45) is 34.5. The van der Waals surface area contributed by atoms with E-state index in [0.29, 0.717) is 69.3 Å². The molecule has 7 aliphatic heterocycles. The number of unbranched alkanes of at least 4 members (excludes halogenated alkanes) is 14. The number of fused-ring (bicyclic) bond motifs is 1. The molecule has 7 aliphatic rings. The van der Waals surface area contributed by atoms with Crippen molar-refractivity contribution in [3.8, 4) is 0 Å². The molecule has 4 N–H and O–H groups in total. The molecule has 0 saturated carbocycles. The molecular weight excluding hydrogens is 1060 g/mol. The smallest absolute Gasteiger partial charge is 0.342 e. The number of ether oxygens (including phenoxy) is 9. The van der Waals surface area contributed by atoms with E-state index >= 15 is 0 Å². The molecule has 15 nitrogen and oxygen atoms in total. The summed E-state index contributed by atoms with van der Waals surface area (Å²) in [5.74, 6) is -3.75. The SMILES string of the molecule is C=C1[C@@H](O)[C@@H]2O[C@]3(CC[C@H](/C=C/[C@@H](C)[C@@H]4CC(C)=C[C@@]5(O[C@H](C[C@@](C)(O)C(=O)O/C=C/C=C/CCCCO)CC[C@H]5OC(=O)CCCCCCCCCCCCCCC)O4)O3)CC[C@H]2O[C@@H]1[C@@H](O)C[C@H](C)[C@H]1O[C@@]2(CCCCO2)CC[C@H]1C. The molecule has 7 rings (SSSR count). The van der Waals surface area contributed by atoms with Gasteiger partial charge in [0.05, 0.1) is 49.5 Å². The van der Waals surface area contributed by atoms with Crippen LogP contribution in [0.5, 0.6) is 0 Å². The first kappa shape index (κ1) is 67.7. The van der Waals surface area contributed by atoms with Crippen LogP contribution in [0.4, 0.5) is 0 Å².